The summed E-state index contributed by atoms with van der Waals surface area (Å²) in [6.45, 7) is 1.90. The van der Waals surface area contributed by atoms with Crippen molar-refractivity contribution in [1.29, 1.82) is 0 Å². The van der Waals surface area contributed by atoms with Crippen molar-refractivity contribution >= 4 is 46.6 Å². The van der Waals surface area contributed by atoms with E-state index in [1.807, 2.05) is 49.4 Å². The van der Waals surface area contributed by atoms with Crippen molar-refractivity contribution in [3.05, 3.63) is 70.2 Å². The molecule has 0 radical (unpaired) electrons. The van der Waals surface area contributed by atoms with Crippen LogP contribution in [-0.4, -0.2) is 25.9 Å². The zero-order valence-electron chi connectivity index (χ0n) is 16.7. The third kappa shape index (κ3) is 3.22. The quantitative estimate of drug-likeness (QED) is 0.409. The number of amides is 2. The summed E-state index contributed by atoms with van der Waals surface area (Å²) in [4.78, 5) is 28.0. The van der Waals surface area contributed by atoms with Gasteiger partial charge in [0.15, 0.2) is 0 Å². The average molecular weight is 438 g/mol. The van der Waals surface area contributed by atoms with Gasteiger partial charge in [-0.3, -0.25) is 9.59 Å². The Balaban J connectivity index is 2.14. The first-order chi connectivity index (χ1) is 14.5. The molecule has 1 aliphatic heterocycles. The van der Waals surface area contributed by atoms with Gasteiger partial charge < -0.3 is 16.0 Å². The van der Waals surface area contributed by atoms with Gasteiger partial charge in [-0.1, -0.05) is 53.7 Å². The van der Waals surface area contributed by atoms with Crippen LogP contribution in [0.25, 0.3) is 11.1 Å². The molecular weight excluding hydrogens is 418 g/mol. The molecule has 0 unspecified atom stereocenters. The molecule has 1 heterocycles. The van der Waals surface area contributed by atoms with E-state index in [9.17, 15) is 9.59 Å². The molecule has 5 nitrogen and oxygen atoms in total. The molecule has 0 spiro atoms. The molecule has 3 aromatic carbocycles. The smallest absolute Gasteiger partial charge is 0.253 e. The van der Waals surface area contributed by atoms with Gasteiger partial charge in [0.2, 0.25) is 0 Å². The minimum atomic E-state index is -0.293. The van der Waals surface area contributed by atoms with Crippen LogP contribution in [0.2, 0.25) is 5.02 Å². The van der Waals surface area contributed by atoms with E-state index in [-0.39, 0.29) is 11.8 Å². The molecule has 3 N–H and O–H groups in total. The van der Waals surface area contributed by atoms with Crippen molar-refractivity contribution in [3.63, 3.8) is 0 Å². The Morgan fingerprint density at radius 2 is 1.57 bits per heavy atom. The van der Waals surface area contributed by atoms with Crippen LogP contribution in [-0.2, 0) is 0 Å². The number of rotatable bonds is 3. The number of carbonyl (C=O) groups is 2. The van der Waals surface area contributed by atoms with Crippen molar-refractivity contribution in [1.82, 2.24) is 10.6 Å². The van der Waals surface area contributed by atoms with Gasteiger partial charge in [-0.15, -0.1) is 0 Å². The summed E-state index contributed by atoms with van der Waals surface area (Å²) >= 11 is 8.07. The predicted octanol–water partition coefficient (Wildman–Crippen LogP) is 5.24. The lowest BCUT2D eigenvalue weighted by Crippen LogP contribution is -2.26. The molecule has 1 aliphatic rings. The third-order valence-corrected chi connectivity index (χ3v) is 6.72. The van der Waals surface area contributed by atoms with E-state index in [2.05, 4.69) is 16.0 Å². The van der Waals surface area contributed by atoms with E-state index in [0.29, 0.717) is 33.0 Å². The summed E-state index contributed by atoms with van der Waals surface area (Å²) in [5.74, 6) is -0.561. The third-order valence-electron chi connectivity index (χ3n) is 5.10. The molecule has 0 saturated carbocycles. The fraction of sp³-hybridized carbons (Fsp3) is 0.130. The molecule has 0 bridgehead atoms. The van der Waals surface area contributed by atoms with Crippen LogP contribution in [0.1, 0.15) is 26.3 Å². The molecule has 0 aromatic heterocycles. The summed E-state index contributed by atoms with van der Waals surface area (Å²) in [6.07, 6.45) is 0. The molecule has 7 heteroatoms. The lowest BCUT2D eigenvalue weighted by atomic mass is 9.88. The van der Waals surface area contributed by atoms with Crippen molar-refractivity contribution in [2.45, 2.75) is 16.7 Å². The molecule has 0 fully saturated rings. The highest BCUT2D eigenvalue weighted by molar-refractivity contribution is 7.99. The first-order valence-corrected chi connectivity index (χ1v) is 10.6. The standard InChI is InChI=1S/C23H20ClN3O2S/c1-12-17(22(28)25-2)18(13-8-4-5-9-14(13)24)19(23(29)26-3)20-21(12)30-16-11-7-6-10-15(16)27-20/h4-11,27H,1-3H3,(H,25,28)(H,26,29). The molecule has 0 aliphatic carbocycles. The van der Waals surface area contributed by atoms with E-state index in [1.54, 1.807) is 31.9 Å². The molecule has 0 saturated heterocycles. The van der Waals surface area contributed by atoms with Crippen molar-refractivity contribution in [2.24, 2.45) is 0 Å². The number of fused-ring (bicyclic) bond motifs is 2. The van der Waals surface area contributed by atoms with E-state index in [0.717, 1.165) is 21.0 Å². The Hall–Kier alpha value is -2.96. The molecule has 4 rings (SSSR count). The zero-order chi connectivity index (χ0) is 21.4. The Morgan fingerprint density at radius 3 is 2.27 bits per heavy atom. The number of hydrogen-bond donors (Lipinski definition) is 3. The Bertz CT molecular complexity index is 1190. The first kappa shape index (κ1) is 20.3. The van der Waals surface area contributed by atoms with Gasteiger partial charge in [-0.05, 0) is 30.7 Å². The molecule has 3 aromatic rings. The highest BCUT2D eigenvalue weighted by atomic mass is 35.5. The fourth-order valence-electron chi connectivity index (χ4n) is 3.70. The molecule has 152 valence electrons. The Kier molecular flexibility index (Phi) is 5.45. The van der Waals surface area contributed by atoms with Crippen LogP contribution >= 0.6 is 23.4 Å². The maximum absolute atomic E-state index is 13.1. The zero-order valence-corrected chi connectivity index (χ0v) is 18.3. The van der Waals surface area contributed by atoms with Crippen LogP contribution in [0.4, 0.5) is 11.4 Å². The summed E-state index contributed by atoms with van der Waals surface area (Å²) in [7, 11) is 3.16. The van der Waals surface area contributed by atoms with Crippen LogP contribution in [0, 0.1) is 6.92 Å². The minimum Gasteiger partial charge on any atom is -0.355 e. The van der Waals surface area contributed by atoms with Gasteiger partial charge in [0.25, 0.3) is 11.8 Å². The maximum atomic E-state index is 13.1. The van der Waals surface area contributed by atoms with Gasteiger partial charge in [-0.25, -0.2) is 0 Å². The van der Waals surface area contributed by atoms with Crippen LogP contribution in [0.3, 0.4) is 0 Å². The molecule has 2 amide bonds. The Labute approximate surface area is 184 Å². The molecule has 30 heavy (non-hydrogen) atoms. The number of carbonyl (C=O) groups excluding carboxylic acids is 2. The van der Waals surface area contributed by atoms with E-state index in [4.69, 9.17) is 11.6 Å². The highest BCUT2D eigenvalue weighted by Gasteiger charge is 2.32. The normalized spacial score (nSPS) is 11.7. The van der Waals surface area contributed by atoms with E-state index in [1.165, 1.54) is 0 Å². The second kappa shape index (κ2) is 8.05. The van der Waals surface area contributed by atoms with Crippen LogP contribution in [0.15, 0.2) is 58.3 Å². The lowest BCUT2D eigenvalue weighted by Gasteiger charge is -2.28. The second-order valence-corrected chi connectivity index (χ2v) is 8.27. The monoisotopic (exact) mass is 437 g/mol. The highest BCUT2D eigenvalue weighted by Crippen LogP contribution is 2.51. The first-order valence-electron chi connectivity index (χ1n) is 9.41. The van der Waals surface area contributed by atoms with Gasteiger partial charge >= 0.3 is 0 Å². The fourth-order valence-corrected chi connectivity index (χ4v) is 5.03. The van der Waals surface area contributed by atoms with Crippen molar-refractivity contribution in [3.8, 4) is 11.1 Å². The minimum absolute atomic E-state index is 0.269. The maximum Gasteiger partial charge on any atom is 0.253 e. The Morgan fingerprint density at radius 1 is 0.933 bits per heavy atom. The average Bonchev–Trinajstić information content (AvgIpc) is 2.77. The molecular formula is C23H20ClN3O2S. The summed E-state index contributed by atoms with van der Waals surface area (Å²) in [6, 6.07) is 15.1. The summed E-state index contributed by atoms with van der Waals surface area (Å²) < 4.78 is 0. The second-order valence-electron chi connectivity index (χ2n) is 6.82. The van der Waals surface area contributed by atoms with Gasteiger partial charge in [0, 0.05) is 40.0 Å². The summed E-state index contributed by atoms with van der Waals surface area (Å²) in [5.41, 5.74) is 4.37. The van der Waals surface area contributed by atoms with Crippen molar-refractivity contribution < 1.29 is 9.59 Å². The van der Waals surface area contributed by atoms with Crippen molar-refractivity contribution in [2.75, 3.05) is 19.4 Å². The van der Waals surface area contributed by atoms with E-state index >= 15 is 0 Å². The van der Waals surface area contributed by atoms with Crippen LogP contribution < -0.4 is 16.0 Å². The largest absolute Gasteiger partial charge is 0.355 e. The number of hydrogen-bond acceptors (Lipinski definition) is 4. The summed E-state index contributed by atoms with van der Waals surface area (Å²) in [5, 5.41) is 9.34. The van der Waals surface area contributed by atoms with Gasteiger partial charge in [0.05, 0.1) is 22.5 Å². The topological polar surface area (TPSA) is 70.2 Å². The van der Waals surface area contributed by atoms with Gasteiger partial charge in [-0.2, -0.15) is 0 Å². The number of halogens is 1. The SMILES string of the molecule is CNC(=O)c1c(C)c2c(c(C(=O)NC)c1-c1ccccc1Cl)Nc1ccccc1S2. The van der Waals surface area contributed by atoms with E-state index < -0.39 is 0 Å². The van der Waals surface area contributed by atoms with Crippen LogP contribution in [0.5, 0.6) is 0 Å². The number of anilines is 2. The van der Waals surface area contributed by atoms with Gasteiger partial charge in [0.1, 0.15) is 0 Å². The number of para-hydroxylation sites is 1. The number of nitrogens with one attached hydrogen (secondary N) is 3. The molecule has 0 atom stereocenters. The lowest BCUT2D eigenvalue weighted by molar-refractivity contribution is 0.0962. The predicted molar refractivity (Wildman–Crippen MR) is 122 cm³/mol. The number of benzene rings is 3.